The third kappa shape index (κ3) is 3.61. The predicted octanol–water partition coefficient (Wildman–Crippen LogP) is 5.57. The number of halogens is 1. The summed E-state index contributed by atoms with van der Waals surface area (Å²) in [5, 5.41) is 11.2. The summed E-state index contributed by atoms with van der Waals surface area (Å²) in [4.78, 5) is 16.6. The van der Waals surface area contributed by atoms with Gasteiger partial charge in [0.2, 0.25) is 0 Å². The van der Waals surface area contributed by atoms with Crippen molar-refractivity contribution in [2.75, 3.05) is 0 Å². The van der Waals surface area contributed by atoms with E-state index in [1.807, 2.05) is 36.4 Å². The maximum atomic E-state index is 12.3. The highest BCUT2D eigenvalue weighted by atomic mass is 35.5. The molecule has 0 unspecified atom stereocenters. The zero-order chi connectivity index (χ0) is 18.8. The Labute approximate surface area is 160 Å². The zero-order valence-corrected chi connectivity index (χ0v) is 14.9. The second-order valence-corrected chi connectivity index (χ2v) is 6.43. The van der Waals surface area contributed by atoms with Crippen molar-refractivity contribution in [2.45, 2.75) is 0 Å². The van der Waals surface area contributed by atoms with Gasteiger partial charge in [-0.2, -0.15) is 0 Å². The van der Waals surface area contributed by atoms with E-state index in [0.717, 1.165) is 10.9 Å². The summed E-state index contributed by atoms with van der Waals surface area (Å²) >= 11 is 5.93. The molecule has 3 aromatic carbocycles. The maximum Gasteiger partial charge on any atom is 0.344 e. The Morgan fingerprint density at radius 2 is 1.74 bits per heavy atom. The Balaban J connectivity index is 1.64. The highest BCUT2D eigenvalue weighted by Crippen LogP contribution is 2.24. The molecule has 0 fully saturated rings. The summed E-state index contributed by atoms with van der Waals surface area (Å²) in [5.74, 6) is 0.105. The molecule has 0 amide bonds. The van der Waals surface area contributed by atoms with Crippen LogP contribution in [0.3, 0.4) is 0 Å². The van der Waals surface area contributed by atoms with Crippen molar-refractivity contribution < 1.29 is 9.52 Å². The minimum Gasteiger partial charge on any atom is -0.507 e. The van der Waals surface area contributed by atoms with Crippen LogP contribution in [0.2, 0.25) is 5.02 Å². The molecule has 132 valence electrons. The van der Waals surface area contributed by atoms with Gasteiger partial charge in [0.05, 0.1) is 11.3 Å². The molecule has 0 aliphatic heterocycles. The van der Waals surface area contributed by atoms with Crippen LogP contribution in [0.25, 0.3) is 22.1 Å². The minimum absolute atomic E-state index is 0.105. The third-order valence-electron chi connectivity index (χ3n) is 4.16. The lowest BCUT2D eigenvalue weighted by Gasteiger charge is -2.03. The van der Waals surface area contributed by atoms with Crippen molar-refractivity contribution in [2.24, 2.45) is 4.99 Å². The van der Waals surface area contributed by atoms with Gasteiger partial charge < -0.3 is 9.52 Å². The fourth-order valence-corrected chi connectivity index (χ4v) is 2.94. The number of phenols is 1. The second kappa shape index (κ2) is 7.09. The van der Waals surface area contributed by atoms with Gasteiger partial charge in [0, 0.05) is 22.2 Å². The predicted molar refractivity (Wildman–Crippen MR) is 108 cm³/mol. The number of nitrogens with zero attached hydrogens (tertiary/aromatic N) is 1. The van der Waals surface area contributed by atoms with Crippen LogP contribution in [-0.2, 0) is 0 Å². The fourth-order valence-electron chi connectivity index (χ4n) is 2.76. The lowest BCUT2D eigenvalue weighted by Crippen LogP contribution is -2.02. The fraction of sp³-hybridized carbons (Fsp3) is 0. The van der Waals surface area contributed by atoms with Crippen molar-refractivity contribution in [3.8, 4) is 16.9 Å². The first-order chi connectivity index (χ1) is 13.1. The van der Waals surface area contributed by atoms with Crippen molar-refractivity contribution in [1.29, 1.82) is 0 Å². The highest BCUT2D eigenvalue weighted by Gasteiger charge is 2.07. The molecule has 0 bridgehead atoms. The van der Waals surface area contributed by atoms with E-state index >= 15 is 0 Å². The average molecular weight is 376 g/mol. The van der Waals surface area contributed by atoms with E-state index in [1.54, 1.807) is 36.5 Å². The summed E-state index contributed by atoms with van der Waals surface area (Å²) < 4.78 is 5.38. The highest BCUT2D eigenvalue weighted by molar-refractivity contribution is 6.30. The van der Waals surface area contributed by atoms with Crippen LogP contribution in [0.5, 0.6) is 5.75 Å². The Morgan fingerprint density at radius 1 is 0.963 bits per heavy atom. The molecule has 5 heteroatoms. The number of hydrogen-bond donors (Lipinski definition) is 1. The van der Waals surface area contributed by atoms with Crippen LogP contribution in [-0.4, -0.2) is 11.3 Å². The molecule has 27 heavy (non-hydrogen) atoms. The van der Waals surface area contributed by atoms with Gasteiger partial charge in [0.15, 0.2) is 0 Å². The molecule has 4 rings (SSSR count). The van der Waals surface area contributed by atoms with E-state index in [9.17, 15) is 9.90 Å². The monoisotopic (exact) mass is 375 g/mol. The number of phenolic OH excluding ortho intramolecular Hbond substituents is 1. The molecule has 1 aromatic heterocycles. The van der Waals surface area contributed by atoms with E-state index in [-0.39, 0.29) is 11.4 Å². The lowest BCUT2D eigenvalue weighted by molar-refractivity contribution is 0.474. The van der Waals surface area contributed by atoms with Crippen molar-refractivity contribution in [3.63, 3.8) is 0 Å². The van der Waals surface area contributed by atoms with Crippen LogP contribution in [0.15, 0.2) is 87.0 Å². The Bertz CT molecular complexity index is 1210. The SMILES string of the molecule is O=c1oc2ccccc2cc1-c1ccc(N=Cc2cc(Cl)ccc2O)cc1. The standard InChI is InChI=1S/C22H14ClNO3/c23-17-7-10-20(25)16(11-17)13-24-18-8-5-14(6-9-18)19-12-15-3-1-2-4-21(15)27-22(19)26/h1-13,25H. The quantitative estimate of drug-likeness (QED) is 0.376. The average Bonchev–Trinajstić information content (AvgIpc) is 2.68. The normalized spacial score (nSPS) is 11.3. The molecule has 0 aliphatic carbocycles. The smallest absolute Gasteiger partial charge is 0.344 e. The summed E-state index contributed by atoms with van der Waals surface area (Å²) in [6, 6.07) is 21.2. The number of para-hydroxylation sites is 1. The maximum absolute atomic E-state index is 12.3. The molecule has 4 nitrogen and oxygen atoms in total. The Morgan fingerprint density at radius 3 is 2.56 bits per heavy atom. The van der Waals surface area contributed by atoms with Gasteiger partial charge in [0.1, 0.15) is 11.3 Å². The Hall–Kier alpha value is -3.37. The van der Waals surface area contributed by atoms with Crippen LogP contribution in [0, 0.1) is 0 Å². The summed E-state index contributed by atoms with van der Waals surface area (Å²) in [5.41, 5.74) is 2.64. The topological polar surface area (TPSA) is 62.8 Å². The number of fused-ring (bicyclic) bond motifs is 1. The molecule has 0 radical (unpaired) electrons. The van der Waals surface area contributed by atoms with E-state index in [4.69, 9.17) is 16.0 Å². The summed E-state index contributed by atoms with van der Waals surface area (Å²) in [6.45, 7) is 0. The first-order valence-electron chi connectivity index (χ1n) is 8.26. The number of benzene rings is 3. The lowest BCUT2D eigenvalue weighted by atomic mass is 10.1. The van der Waals surface area contributed by atoms with Crippen LogP contribution < -0.4 is 5.63 Å². The number of aromatic hydroxyl groups is 1. The van der Waals surface area contributed by atoms with Crippen LogP contribution in [0.4, 0.5) is 5.69 Å². The van der Waals surface area contributed by atoms with E-state index < -0.39 is 0 Å². The van der Waals surface area contributed by atoms with E-state index in [1.165, 1.54) is 6.07 Å². The zero-order valence-electron chi connectivity index (χ0n) is 14.1. The van der Waals surface area contributed by atoms with Crippen LogP contribution in [0.1, 0.15) is 5.56 Å². The van der Waals surface area contributed by atoms with Gasteiger partial charge in [-0.25, -0.2) is 4.79 Å². The number of aliphatic imine (C=N–C) groups is 1. The van der Waals surface area contributed by atoms with Gasteiger partial charge >= 0.3 is 5.63 Å². The van der Waals surface area contributed by atoms with E-state index in [0.29, 0.717) is 27.4 Å². The van der Waals surface area contributed by atoms with Crippen molar-refractivity contribution in [3.05, 3.63) is 93.8 Å². The molecule has 0 aliphatic rings. The van der Waals surface area contributed by atoms with Crippen LogP contribution >= 0.6 is 11.6 Å². The molecule has 0 spiro atoms. The van der Waals surface area contributed by atoms with Gasteiger partial charge in [-0.05, 0) is 48.0 Å². The minimum atomic E-state index is -0.381. The van der Waals surface area contributed by atoms with Gasteiger partial charge in [0.25, 0.3) is 0 Å². The molecule has 1 heterocycles. The molecular formula is C22H14ClNO3. The molecular weight excluding hydrogens is 362 g/mol. The number of rotatable bonds is 3. The van der Waals surface area contributed by atoms with Crippen molar-refractivity contribution in [1.82, 2.24) is 0 Å². The Kier molecular flexibility index (Phi) is 4.48. The first-order valence-corrected chi connectivity index (χ1v) is 8.64. The molecule has 1 N–H and O–H groups in total. The molecule has 4 aromatic rings. The van der Waals surface area contributed by atoms with Gasteiger partial charge in [-0.15, -0.1) is 0 Å². The second-order valence-electron chi connectivity index (χ2n) is 5.99. The van der Waals surface area contributed by atoms with E-state index in [2.05, 4.69) is 4.99 Å². The first kappa shape index (κ1) is 17.1. The van der Waals surface area contributed by atoms with Gasteiger partial charge in [-0.1, -0.05) is 41.9 Å². The molecule has 0 saturated heterocycles. The largest absolute Gasteiger partial charge is 0.507 e. The summed E-state index contributed by atoms with van der Waals surface area (Å²) in [6.07, 6.45) is 1.54. The van der Waals surface area contributed by atoms with Crippen molar-refractivity contribution >= 4 is 34.5 Å². The summed E-state index contributed by atoms with van der Waals surface area (Å²) in [7, 11) is 0. The van der Waals surface area contributed by atoms with Gasteiger partial charge in [-0.3, -0.25) is 4.99 Å². The molecule has 0 atom stereocenters. The number of hydrogen-bond acceptors (Lipinski definition) is 4. The third-order valence-corrected chi connectivity index (χ3v) is 4.40. The molecule has 0 saturated carbocycles.